The standard InChI is InChI=1S/C18H27NO2S/c1-14-9-8-12-16(13-14)19(4)22(21)18(2,3)17(20)15-10-6-5-7-11-15/h8-9,12-13,15H,5-7,10-11H2,1-4H3. The van der Waals surface area contributed by atoms with Crippen LogP contribution < -0.4 is 4.31 Å². The molecule has 4 heteroatoms. The minimum atomic E-state index is -1.38. The van der Waals surface area contributed by atoms with Crippen LogP contribution in [-0.4, -0.2) is 21.8 Å². The molecule has 0 bridgehead atoms. The van der Waals surface area contributed by atoms with E-state index in [4.69, 9.17) is 0 Å². The van der Waals surface area contributed by atoms with Gasteiger partial charge in [0.15, 0.2) is 5.78 Å². The van der Waals surface area contributed by atoms with Crippen molar-refractivity contribution in [3.05, 3.63) is 29.8 Å². The van der Waals surface area contributed by atoms with Gasteiger partial charge in [-0.1, -0.05) is 31.4 Å². The number of hydrogen-bond donors (Lipinski definition) is 0. The van der Waals surface area contributed by atoms with E-state index in [2.05, 4.69) is 0 Å². The number of hydrogen-bond acceptors (Lipinski definition) is 2. The molecule has 0 saturated heterocycles. The van der Waals surface area contributed by atoms with Crippen LogP contribution in [0.25, 0.3) is 0 Å². The van der Waals surface area contributed by atoms with E-state index in [0.717, 1.165) is 36.9 Å². The first-order valence-corrected chi connectivity index (χ1v) is 9.21. The lowest BCUT2D eigenvalue weighted by Crippen LogP contribution is -2.47. The smallest absolute Gasteiger partial charge is 0.155 e. The molecule has 1 aliphatic carbocycles. The third-order valence-electron chi connectivity index (χ3n) is 4.62. The highest BCUT2D eigenvalue weighted by molar-refractivity contribution is 7.88. The molecule has 122 valence electrons. The molecule has 1 saturated carbocycles. The summed E-state index contributed by atoms with van der Waals surface area (Å²) in [5.74, 6) is 0.239. The van der Waals surface area contributed by atoms with Crippen molar-refractivity contribution in [2.24, 2.45) is 5.92 Å². The molecular weight excluding hydrogens is 294 g/mol. The van der Waals surface area contributed by atoms with Gasteiger partial charge in [0.1, 0.15) is 15.7 Å². The molecule has 0 amide bonds. The number of rotatable bonds is 5. The summed E-state index contributed by atoms with van der Waals surface area (Å²) >= 11 is 0. The first kappa shape index (κ1) is 17.2. The minimum Gasteiger partial charge on any atom is -0.298 e. The van der Waals surface area contributed by atoms with Gasteiger partial charge in [0.05, 0.1) is 0 Å². The molecule has 1 aromatic rings. The maximum atomic E-state index is 13.0. The Morgan fingerprint density at radius 2 is 1.86 bits per heavy atom. The molecule has 0 N–H and O–H groups in total. The summed E-state index contributed by atoms with van der Waals surface area (Å²) in [4.78, 5) is 12.8. The van der Waals surface area contributed by atoms with Crippen molar-refractivity contribution in [2.75, 3.05) is 11.4 Å². The van der Waals surface area contributed by atoms with Crippen molar-refractivity contribution in [3.8, 4) is 0 Å². The molecule has 1 atom stereocenters. The Morgan fingerprint density at radius 3 is 2.45 bits per heavy atom. The molecule has 1 unspecified atom stereocenters. The molecule has 2 rings (SSSR count). The maximum Gasteiger partial charge on any atom is 0.155 e. The van der Waals surface area contributed by atoms with E-state index < -0.39 is 15.7 Å². The zero-order valence-electron chi connectivity index (χ0n) is 14.1. The third kappa shape index (κ3) is 3.60. The van der Waals surface area contributed by atoms with Gasteiger partial charge in [0, 0.05) is 18.7 Å². The summed E-state index contributed by atoms with van der Waals surface area (Å²) < 4.78 is 13.9. The number of carbonyl (C=O) groups is 1. The summed E-state index contributed by atoms with van der Waals surface area (Å²) in [5, 5.41) is 0. The fraction of sp³-hybridized carbons (Fsp3) is 0.611. The van der Waals surface area contributed by atoms with Gasteiger partial charge < -0.3 is 0 Å². The largest absolute Gasteiger partial charge is 0.298 e. The first-order valence-electron chi connectivity index (χ1n) is 8.10. The van der Waals surface area contributed by atoms with Crippen molar-refractivity contribution >= 4 is 22.5 Å². The van der Waals surface area contributed by atoms with E-state index in [-0.39, 0.29) is 11.7 Å². The first-order chi connectivity index (χ1) is 10.3. The lowest BCUT2D eigenvalue weighted by atomic mass is 9.82. The quantitative estimate of drug-likeness (QED) is 0.821. The van der Waals surface area contributed by atoms with E-state index in [9.17, 15) is 9.00 Å². The van der Waals surface area contributed by atoms with E-state index >= 15 is 0 Å². The summed E-state index contributed by atoms with van der Waals surface area (Å²) in [6, 6.07) is 7.90. The summed E-state index contributed by atoms with van der Waals surface area (Å²) in [6.07, 6.45) is 5.36. The van der Waals surface area contributed by atoms with E-state index in [1.807, 2.05) is 45.0 Å². The fourth-order valence-electron chi connectivity index (χ4n) is 3.20. The van der Waals surface area contributed by atoms with Crippen LogP contribution in [-0.2, 0) is 15.8 Å². The normalized spacial score (nSPS) is 18.0. The molecule has 22 heavy (non-hydrogen) atoms. The average molecular weight is 321 g/mol. The molecule has 0 aromatic heterocycles. The third-order valence-corrected chi connectivity index (χ3v) is 6.40. The fourth-order valence-corrected chi connectivity index (χ4v) is 4.53. The zero-order valence-corrected chi connectivity index (χ0v) is 14.9. The molecule has 0 radical (unpaired) electrons. The Hall–Kier alpha value is -1.16. The summed E-state index contributed by atoms with van der Waals surface area (Å²) in [5.41, 5.74) is 2.01. The van der Waals surface area contributed by atoms with E-state index in [0.29, 0.717) is 0 Å². The second-order valence-corrected chi connectivity index (χ2v) is 8.86. The molecule has 0 heterocycles. The van der Waals surface area contributed by atoms with Crippen LogP contribution in [0.4, 0.5) is 5.69 Å². The number of Topliss-reactive ketones (excluding diaryl/α,β-unsaturated/α-hetero) is 1. The SMILES string of the molecule is Cc1cccc(N(C)S(=O)C(C)(C)C(=O)C2CCCCC2)c1. The summed E-state index contributed by atoms with van der Waals surface area (Å²) in [7, 11) is 0.424. The van der Waals surface area contributed by atoms with Gasteiger partial charge in [-0.05, 0) is 51.3 Å². The van der Waals surface area contributed by atoms with Crippen LogP contribution in [0.5, 0.6) is 0 Å². The van der Waals surface area contributed by atoms with Crippen LogP contribution >= 0.6 is 0 Å². The number of benzene rings is 1. The molecule has 1 aliphatic rings. The van der Waals surface area contributed by atoms with Crippen LogP contribution in [0.15, 0.2) is 24.3 Å². The van der Waals surface area contributed by atoms with Gasteiger partial charge in [0.25, 0.3) is 0 Å². The predicted molar refractivity (Wildman–Crippen MR) is 93.4 cm³/mol. The van der Waals surface area contributed by atoms with Crippen LogP contribution in [0.3, 0.4) is 0 Å². The van der Waals surface area contributed by atoms with Gasteiger partial charge in [-0.15, -0.1) is 0 Å². The van der Waals surface area contributed by atoms with Gasteiger partial charge >= 0.3 is 0 Å². The van der Waals surface area contributed by atoms with Crippen molar-refractivity contribution in [1.82, 2.24) is 0 Å². The van der Waals surface area contributed by atoms with Crippen LogP contribution in [0.1, 0.15) is 51.5 Å². The van der Waals surface area contributed by atoms with Crippen LogP contribution in [0.2, 0.25) is 0 Å². The number of aryl methyl sites for hydroxylation is 1. The highest BCUT2D eigenvalue weighted by atomic mass is 32.2. The van der Waals surface area contributed by atoms with Crippen molar-refractivity contribution in [3.63, 3.8) is 0 Å². The highest BCUT2D eigenvalue weighted by Gasteiger charge is 2.41. The summed E-state index contributed by atoms with van der Waals surface area (Å²) in [6.45, 7) is 5.66. The average Bonchev–Trinajstić information content (AvgIpc) is 2.53. The zero-order chi connectivity index (χ0) is 16.3. The Labute approximate surface area is 136 Å². The van der Waals surface area contributed by atoms with Crippen molar-refractivity contribution < 1.29 is 9.00 Å². The van der Waals surface area contributed by atoms with Crippen molar-refractivity contribution in [2.45, 2.75) is 57.6 Å². The van der Waals surface area contributed by atoms with Gasteiger partial charge in [0.2, 0.25) is 0 Å². The molecule has 0 spiro atoms. The lowest BCUT2D eigenvalue weighted by molar-refractivity contribution is -0.125. The maximum absolute atomic E-state index is 13.0. The number of anilines is 1. The second-order valence-electron chi connectivity index (χ2n) is 6.80. The molecule has 1 fully saturated rings. The predicted octanol–water partition coefficient (Wildman–Crippen LogP) is 4.02. The van der Waals surface area contributed by atoms with Crippen LogP contribution in [0, 0.1) is 12.8 Å². The molecule has 0 aliphatic heterocycles. The molecule has 3 nitrogen and oxygen atoms in total. The molecular formula is C18H27NO2S. The second kappa shape index (κ2) is 6.95. The Morgan fingerprint density at radius 1 is 1.23 bits per heavy atom. The number of carbonyl (C=O) groups excluding carboxylic acids is 1. The Balaban J connectivity index is 2.16. The highest BCUT2D eigenvalue weighted by Crippen LogP contribution is 2.32. The number of nitrogens with zero attached hydrogens (tertiary/aromatic N) is 1. The monoisotopic (exact) mass is 321 g/mol. The van der Waals surface area contributed by atoms with Gasteiger partial charge in [-0.3, -0.25) is 9.10 Å². The topological polar surface area (TPSA) is 37.4 Å². The Bertz CT molecular complexity index is 562. The van der Waals surface area contributed by atoms with Gasteiger partial charge in [-0.2, -0.15) is 0 Å². The molecule has 1 aromatic carbocycles. The van der Waals surface area contributed by atoms with E-state index in [1.165, 1.54) is 6.42 Å². The van der Waals surface area contributed by atoms with E-state index in [1.54, 1.807) is 11.4 Å². The Kier molecular flexibility index (Phi) is 5.43. The lowest BCUT2D eigenvalue weighted by Gasteiger charge is -2.33. The van der Waals surface area contributed by atoms with Gasteiger partial charge in [-0.25, -0.2) is 4.21 Å². The minimum absolute atomic E-state index is 0.0820. The number of ketones is 1. The van der Waals surface area contributed by atoms with Crippen molar-refractivity contribution in [1.29, 1.82) is 0 Å².